The minimum atomic E-state index is -0.138. The van der Waals surface area contributed by atoms with E-state index >= 15 is 0 Å². The van der Waals surface area contributed by atoms with Crippen LogP contribution in [0.1, 0.15) is 19.5 Å². The van der Waals surface area contributed by atoms with E-state index in [4.69, 9.17) is 0 Å². The van der Waals surface area contributed by atoms with E-state index < -0.39 is 0 Å². The highest BCUT2D eigenvalue weighted by atomic mass is 32.2. The van der Waals surface area contributed by atoms with Crippen LogP contribution in [0.3, 0.4) is 0 Å². The predicted octanol–water partition coefficient (Wildman–Crippen LogP) is 2.75. The van der Waals surface area contributed by atoms with Gasteiger partial charge >= 0.3 is 0 Å². The lowest BCUT2D eigenvalue weighted by molar-refractivity contribution is 0.313. The van der Waals surface area contributed by atoms with Crippen molar-refractivity contribution in [1.82, 2.24) is 9.88 Å². The van der Waals surface area contributed by atoms with Crippen molar-refractivity contribution in [3.05, 3.63) is 35.0 Å². The number of nitrogens with zero attached hydrogens (tertiary/aromatic N) is 3. The summed E-state index contributed by atoms with van der Waals surface area (Å²) in [5.41, 5.74) is 1.10. The largest absolute Gasteiger partial charge is 0.305 e. The molecule has 1 rings (SSSR count). The number of likely N-dealkylation sites (N-methyl/N-ethyl adjacent to an activating group) is 1. The van der Waals surface area contributed by atoms with Crippen molar-refractivity contribution < 1.29 is 0 Å². The third-order valence-electron chi connectivity index (χ3n) is 2.41. The number of rotatable bonds is 7. The van der Waals surface area contributed by atoms with E-state index in [1.165, 1.54) is 0 Å². The quantitative estimate of drug-likeness (QED) is 0.553. The standard InChI is InChI=1S/C12H19N3OS/c1-12(2,17-14-16)10-15(3)9-7-11-6-4-5-8-13-11/h4-6,8H,7,9-10H2,1-3H3. The zero-order valence-corrected chi connectivity index (χ0v) is 11.4. The van der Waals surface area contributed by atoms with Crippen molar-refractivity contribution >= 4 is 11.9 Å². The minimum absolute atomic E-state index is 0.138. The van der Waals surface area contributed by atoms with Crippen molar-refractivity contribution in [2.45, 2.75) is 25.0 Å². The summed E-state index contributed by atoms with van der Waals surface area (Å²) in [4.78, 5) is 16.8. The second-order valence-electron chi connectivity index (χ2n) is 4.73. The van der Waals surface area contributed by atoms with Gasteiger partial charge in [0, 0.05) is 52.7 Å². The van der Waals surface area contributed by atoms with Gasteiger partial charge in [0.2, 0.25) is 0 Å². The molecule has 0 unspecified atom stereocenters. The maximum Gasteiger partial charge on any atom is 0.0482 e. The molecular formula is C12H19N3OS. The maximum absolute atomic E-state index is 10.3. The van der Waals surface area contributed by atoms with Gasteiger partial charge in [0.15, 0.2) is 0 Å². The predicted molar refractivity (Wildman–Crippen MR) is 72.9 cm³/mol. The molecule has 0 saturated heterocycles. The summed E-state index contributed by atoms with van der Waals surface area (Å²) in [7, 11) is 2.05. The fraction of sp³-hybridized carbons (Fsp3) is 0.583. The van der Waals surface area contributed by atoms with Gasteiger partial charge in [-0.1, -0.05) is 6.07 Å². The fourth-order valence-corrected chi connectivity index (χ4v) is 2.19. The molecule has 0 atom stereocenters. The topological polar surface area (TPSA) is 45.6 Å². The van der Waals surface area contributed by atoms with Crippen LogP contribution in [0.5, 0.6) is 0 Å². The SMILES string of the molecule is CN(CCc1ccccn1)CC(C)(C)SN=O. The molecule has 0 bridgehead atoms. The van der Waals surface area contributed by atoms with Crippen molar-refractivity contribution in [2.24, 2.45) is 4.58 Å². The summed E-state index contributed by atoms with van der Waals surface area (Å²) < 4.78 is 2.77. The first-order valence-electron chi connectivity index (χ1n) is 5.63. The molecule has 0 N–H and O–H groups in total. The number of hydrogen-bond acceptors (Lipinski definition) is 5. The van der Waals surface area contributed by atoms with Crippen molar-refractivity contribution in [2.75, 3.05) is 20.1 Å². The Kier molecular flexibility index (Phi) is 5.58. The average molecular weight is 253 g/mol. The molecule has 0 radical (unpaired) electrons. The van der Waals surface area contributed by atoms with Gasteiger partial charge in [-0.25, -0.2) is 0 Å². The number of nitroso groups, excluding NO2 is 1. The highest BCUT2D eigenvalue weighted by Gasteiger charge is 2.21. The minimum Gasteiger partial charge on any atom is -0.305 e. The van der Waals surface area contributed by atoms with Gasteiger partial charge in [0.25, 0.3) is 0 Å². The van der Waals surface area contributed by atoms with Crippen LogP contribution in [-0.2, 0) is 6.42 Å². The van der Waals surface area contributed by atoms with E-state index in [2.05, 4.69) is 21.5 Å². The Morgan fingerprint density at radius 1 is 1.47 bits per heavy atom. The van der Waals surface area contributed by atoms with E-state index in [1.807, 2.05) is 38.2 Å². The van der Waals surface area contributed by atoms with Crippen LogP contribution in [-0.4, -0.2) is 34.8 Å². The van der Waals surface area contributed by atoms with Crippen LogP contribution in [0, 0.1) is 4.91 Å². The lowest BCUT2D eigenvalue weighted by atomic mass is 10.2. The van der Waals surface area contributed by atoms with Gasteiger partial charge in [-0.05, 0) is 33.0 Å². The number of pyridine rings is 1. The molecule has 1 aromatic heterocycles. The van der Waals surface area contributed by atoms with Crippen LogP contribution in [0.15, 0.2) is 29.0 Å². The molecule has 0 amide bonds. The van der Waals surface area contributed by atoms with Crippen LogP contribution in [0.4, 0.5) is 0 Å². The molecule has 0 spiro atoms. The molecule has 0 aromatic carbocycles. The van der Waals surface area contributed by atoms with Crippen molar-refractivity contribution in [3.8, 4) is 0 Å². The van der Waals surface area contributed by atoms with E-state index in [0.717, 1.165) is 37.2 Å². The number of aromatic nitrogens is 1. The lowest BCUT2D eigenvalue weighted by Crippen LogP contribution is -2.34. The van der Waals surface area contributed by atoms with E-state index in [0.29, 0.717) is 0 Å². The Labute approximate surface area is 107 Å². The third kappa shape index (κ3) is 5.79. The van der Waals surface area contributed by atoms with E-state index in [-0.39, 0.29) is 4.75 Å². The summed E-state index contributed by atoms with van der Waals surface area (Å²) in [5.74, 6) is 0. The van der Waals surface area contributed by atoms with Crippen LogP contribution in [0.2, 0.25) is 0 Å². The van der Waals surface area contributed by atoms with Crippen LogP contribution >= 0.6 is 11.9 Å². The molecule has 0 fully saturated rings. The first kappa shape index (κ1) is 14.1. The van der Waals surface area contributed by atoms with Gasteiger partial charge in [-0.15, -0.1) is 4.91 Å². The second kappa shape index (κ2) is 6.71. The zero-order valence-electron chi connectivity index (χ0n) is 10.6. The third-order valence-corrected chi connectivity index (χ3v) is 3.11. The maximum atomic E-state index is 10.3. The monoisotopic (exact) mass is 253 g/mol. The summed E-state index contributed by atoms with van der Waals surface area (Å²) in [6.07, 6.45) is 2.73. The lowest BCUT2D eigenvalue weighted by Gasteiger charge is -2.26. The smallest absolute Gasteiger partial charge is 0.0482 e. The van der Waals surface area contributed by atoms with Crippen LogP contribution < -0.4 is 0 Å². The van der Waals surface area contributed by atoms with Crippen molar-refractivity contribution in [1.29, 1.82) is 0 Å². The Balaban J connectivity index is 2.35. The van der Waals surface area contributed by atoms with Gasteiger partial charge in [-0.3, -0.25) is 4.98 Å². The molecule has 0 aliphatic rings. The molecule has 1 aromatic rings. The molecule has 5 heteroatoms. The van der Waals surface area contributed by atoms with Crippen molar-refractivity contribution in [3.63, 3.8) is 0 Å². The fourth-order valence-electron chi connectivity index (χ4n) is 1.71. The van der Waals surface area contributed by atoms with E-state index in [1.54, 1.807) is 0 Å². The second-order valence-corrected chi connectivity index (χ2v) is 6.17. The normalized spacial score (nSPS) is 11.8. The molecule has 94 valence electrons. The molecule has 1 heterocycles. The van der Waals surface area contributed by atoms with Gasteiger partial charge in [0.1, 0.15) is 0 Å². The molecular weight excluding hydrogens is 234 g/mol. The summed E-state index contributed by atoms with van der Waals surface area (Å²) in [5, 5.41) is 0. The molecule has 0 aliphatic heterocycles. The summed E-state index contributed by atoms with van der Waals surface area (Å²) in [6.45, 7) is 5.81. The molecule has 0 saturated carbocycles. The zero-order chi connectivity index (χ0) is 12.7. The molecule has 4 nitrogen and oxygen atoms in total. The Hall–Kier alpha value is -0.940. The highest BCUT2D eigenvalue weighted by molar-refractivity contribution is 7.99. The number of hydrogen-bond donors (Lipinski definition) is 0. The van der Waals surface area contributed by atoms with Gasteiger partial charge in [0.05, 0.1) is 0 Å². The van der Waals surface area contributed by atoms with E-state index in [9.17, 15) is 4.91 Å². The van der Waals surface area contributed by atoms with Crippen LogP contribution in [0.25, 0.3) is 0 Å². The molecule has 0 aliphatic carbocycles. The van der Waals surface area contributed by atoms with Gasteiger partial charge < -0.3 is 4.90 Å². The first-order valence-corrected chi connectivity index (χ1v) is 6.40. The average Bonchev–Trinajstić information content (AvgIpc) is 2.27. The summed E-state index contributed by atoms with van der Waals surface area (Å²) in [6, 6.07) is 5.95. The Bertz CT molecular complexity index is 343. The Morgan fingerprint density at radius 3 is 2.82 bits per heavy atom. The Morgan fingerprint density at radius 2 is 2.24 bits per heavy atom. The molecule has 17 heavy (non-hydrogen) atoms. The highest BCUT2D eigenvalue weighted by Crippen LogP contribution is 2.25. The first-order chi connectivity index (χ1) is 8.03. The summed E-state index contributed by atoms with van der Waals surface area (Å²) >= 11 is 1.10. The van der Waals surface area contributed by atoms with Gasteiger partial charge in [-0.2, -0.15) is 0 Å².